The number of nitrogens with two attached hydrogens (primary N) is 1. The Balaban J connectivity index is 2.63. The van der Waals surface area contributed by atoms with E-state index in [1.54, 1.807) is 13.8 Å². The highest BCUT2D eigenvalue weighted by molar-refractivity contribution is 5.84. The lowest BCUT2D eigenvalue weighted by Crippen LogP contribution is -2.54. The van der Waals surface area contributed by atoms with Gasteiger partial charge < -0.3 is 25.6 Å². The molecule has 1 fully saturated rings. The van der Waals surface area contributed by atoms with Crippen molar-refractivity contribution in [3.05, 3.63) is 12.7 Å². The maximum atomic E-state index is 12.8. The molecule has 3 unspecified atom stereocenters. The molecule has 0 heterocycles. The van der Waals surface area contributed by atoms with Crippen LogP contribution in [0.4, 0.5) is 0 Å². The molecule has 1 amide bonds. The van der Waals surface area contributed by atoms with Gasteiger partial charge in [0, 0.05) is 18.0 Å². The molecule has 0 radical (unpaired) electrons. The molecular formula is C21H38N2O5. The molecule has 0 bridgehead atoms. The molecule has 4 N–H and O–H groups in total. The summed E-state index contributed by atoms with van der Waals surface area (Å²) in [5.74, 6) is -1.17. The number of ether oxygens (including phenoxy) is 2. The summed E-state index contributed by atoms with van der Waals surface area (Å²) in [4.78, 5) is 24.0. The molecule has 7 nitrogen and oxygen atoms in total. The molecule has 1 aliphatic rings. The van der Waals surface area contributed by atoms with Crippen molar-refractivity contribution in [1.29, 1.82) is 0 Å². The van der Waals surface area contributed by atoms with E-state index in [4.69, 9.17) is 15.2 Å². The number of esters is 1. The lowest BCUT2D eigenvalue weighted by molar-refractivity contribution is -0.150. The van der Waals surface area contributed by atoms with Crippen LogP contribution in [0.2, 0.25) is 0 Å². The fraction of sp³-hybridized carbons (Fsp3) is 0.810. The summed E-state index contributed by atoms with van der Waals surface area (Å²) in [5.41, 5.74) is 5.02. The largest absolute Gasteiger partial charge is 0.462 e. The highest BCUT2D eigenvalue weighted by Gasteiger charge is 2.42. The predicted molar refractivity (Wildman–Crippen MR) is 108 cm³/mol. The lowest BCUT2D eigenvalue weighted by Gasteiger charge is -2.47. The van der Waals surface area contributed by atoms with E-state index < -0.39 is 17.5 Å². The highest BCUT2D eigenvalue weighted by atomic mass is 16.5. The third-order valence-electron chi connectivity index (χ3n) is 5.38. The monoisotopic (exact) mass is 398 g/mol. The third-order valence-corrected chi connectivity index (χ3v) is 5.38. The summed E-state index contributed by atoms with van der Waals surface area (Å²) in [6.07, 6.45) is 3.82. The highest BCUT2D eigenvalue weighted by Crippen LogP contribution is 2.45. The van der Waals surface area contributed by atoms with E-state index in [2.05, 4.69) is 32.7 Å². The SMILES string of the molecule is C=CC(=O)OCC(CO)COC(C)(C)C(=O)NC1CC(C)(C)CC(C)(CN)C1. The summed E-state index contributed by atoms with van der Waals surface area (Å²) >= 11 is 0. The minimum atomic E-state index is -1.07. The van der Waals surface area contributed by atoms with Crippen LogP contribution in [0.15, 0.2) is 12.7 Å². The molecule has 0 spiro atoms. The molecule has 1 rings (SSSR count). The van der Waals surface area contributed by atoms with E-state index in [0.717, 1.165) is 25.3 Å². The Kier molecular flexibility index (Phi) is 8.65. The molecule has 0 aromatic carbocycles. The van der Waals surface area contributed by atoms with Gasteiger partial charge in [-0.2, -0.15) is 0 Å². The van der Waals surface area contributed by atoms with Crippen molar-refractivity contribution < 1.29 is 24.2 Å². The maximum Gasteiger partial charge on any atom is 0.330 e. The number of carbonyl (C=O) groups is 2. The minimum absolute atomic E-state index is 0.00170. The zero-order chi connectivity index (χ0) is 21.6. The van der Waals surface area contributed by atoms with E-state index in [0.29, 0.717) is 6.54 Å². The quantitative estimate of drug-likeness (QED) is 0.382. The van der Waals surface area contributed by atoms with Gasteiger partial charge in [-0.15, -0.1) is 0 Å². The number of aliphatic hydroxyl groups excluding tert-OH is 1. The van der Waals surface area contributed by atoms with Crippen LogP contribution < -0.4 is 11.1 Å². The van der Waals surface area contributed by atoms with Gasteiger partial charge in [0.25, 0.3) is 5.91 Å². The number of rotatable bonds is 10. The van der Waals surface area contributed by atoms with E-state index >= 15 is 0 Å². The number of carbonyl (C=O) groups excluding carboxylic acids is 2. The van der Waals surface area contributed by atoms with Crippen molar-refractivity contribution in [2.75, 3.05) is 26.4 Å². The van der Waals surface area contributed by atoms with Crippen LogP contribution in [0, 0.1) is 16.7 Å². The van der Waals surface area contributed by atoms with Crippen LogP contribution in [-0.4, -0.2) is 55.0 Å². The van der Waals surface area contributed by atoms with Crippen LogP contribution >= 0.6 is 0 Å². The molecule has 28 heavy (non-hydrogen) atoms. The zero-order valence-corrected chi connectivity index (χ0v) is 18.0. The van der Waals surface area contributed by atoms with Gasteiger partial charge in [-0.25, -0.2) is 4.79 Å². The van der Waals surface area contributed by atoms with Crippen molar-refractivity contribution >= 4 is 11.9 Å². The Labute approximate surface area is 169 Å². The van der Waals surface area contributed by atoms with Gasteiger partial charge >= 0.3 is 5.97 Å². The molecule has 1 aliphatic carbocycles. The van der Waals surface area contributed by atoms with Crippen molar-refractivity contribution in [2.24, 2.45) is 22.5 Å². The number of amides is 1. The molecule has 0 aliphatic heterocycles. The average Bonchev–Trinajstić information content (AvgIpc) is 2.59. The first-order valence-corrected chi connectivity index (χ1v) is 9.91. The molecule has 1 saturated carbocycles. The third kappa shape index (κ3) is 7.53. The second kappa shape index (κ2) is 9.85. The van der Waals surface area contributed by atoms with Gasteiger partial charge in [0.2, 0.25) is 0 Å². The van der Waals surface area contributed by atoms with E-state index in [1.165, 1.54) is 0 Å². The molecule has 0 saturated heterocycles. The summed E-state index contributed by atoms with van der Waals surface area (Å²) in [7, 11) is 0. The van der Waals surface area contributed by atoms with Gasteiger partial charge in [0.15, 0.2) is 0 Å². The number of nitrogens with one attached hydrogen (secondary N) is 1. The summed E-state index contributed by atoms with van der Waals surface area (Å²) in [6.45, 7) is 13.8. The summed E-state index contributed by atoms with van der Waals surface area (Å²) < 4.78 is 10.7. The second-order valence-corrected chi connectivity index (χ2v) is 9.64. The van der Waals surface area contributed by atoms with E-state index in [1.807, 2.05) is 0 Å². The Hall–Kier alpha value is -1.44. The smallest absolute Gasteiger partial charge is 0.330 e. The van der Waals surface area contributed by atoms with Gasteiger partial charge in [-0.1, -0.05) is 27.4 Å². The first kappa shape index (κ1) is 24.6. The molecular weight excluding hydrogens is 360 g/mol. The van der Waals surface area contributed by atoms with Crippen LogP contribution in [0.25, 0.3) is 0 Å². The van der Waals surface area contributed by atoms with Crippen molar-refractivity contribution in [1.82, 2.24) is 5.32 Å². The average molecular weight is 399 g/mol. The van der Waals surface area contributed by atoms with Gasteiger partial charge in [0.05, 0.1) is 19.8 Å². The molecule has 0 aromatic heterocycles. The predicted octanol–water partition coefficient (Wildman–Crippen LogP) is 1.78. The van der Waals surface area contributed by atoms with Gasteiger partial charge in [-0.3, -0.25) is 4.79 Å². The normalized spacial score (nSPS) is 25.6. The molecule has 7 heteroatoms. The minimum Gasteiger partial charge on any atom is -0.462 e. The topological polar surface area (TPSA) is 111 Å². The first-order valence-electron chi connectivity index (χ1n) is 9.91. The Bertz CT molecular complexity index is 561. The van der Waals surface area contributed by atoms with Crippen LogP contribution in [0.5, 0.6) is 0 Å². The zero-order valence-electron chi connectivity index (χ0n) is 18.0. The number of aliphatic hydroxyl groups is 1. The Morgan fingerprint density at radius 3 is 2.50 bits per heavy atom. The number of hydrogen-bond acceptors (Lipinski definition) is 6. The van der Waals surface area contributed by atoms with E-state index in [-0.39, 0.29) is 42.6 Å². The van der Waals surface area contributed by atoms with Crippen LogP contribution in [0.1, 0.15) is 53.9 Å². The lowest BCUT2D eigenvalue weighted by atomic mass is 9.62. The van der Waals surface area contributed by atoms with Crippen molar-refractivity contribution in [3.8, 4) is 0 Å². The molecule has 0 aromatic rings. The van der Waals surface area contributed by atoms with Gasteiger partial charge in [0.1, 0.15) is 5.60 Å². The fourth-order valence-corrected chi connectivity index (χ4v) is 4.05. The standard InChI is InChI=1S/C21H38N2O5/c1-7-17(25)27-11-15(10-24)12-28-20(4,5)18(26)23-16-8-19(2,3)13-21(6,9-16)14-22/h7,15-16,24H,1,8-14,22H2,2-6H3,(H,23,26). The Morgan fingerprint density at radius 1 is 1.32 bits per heavy atom. The number of hydrogen-bond donors (Lipinski definition) is 3. The van der Waals surface area contributed by atoms with E-state index in [9.17, 15) is 14.7 Å². The van der Waals surface area contributed by atoms with Crippen LogP contribution in [-0.2, 0) is 19.1 Å². The summed E-state index contributed by atoms with van der Waals surface area (Å²) in [5, 5.41) is 12.6. The Morgan fingerprint density at radius 2 is 1.96 bits per heavy atom. The van der Waals surface area contributed by atoms with Crippen molar-refractivity contribution in [2.45, 2.75) is 65.5 Å². The summed E-state index contributed by atoms with van der Waals surface area (Å²) in [6, 6.07) is 0.0369. The molecule has 3 atom stereocenters. The van der Waals surface area contributed by atoms with Crippen molar-refractivity contribution in [3.63, 3.8) is 0 Å². The molecule has 162 valence electrons. The maximum absolute atomic E-state index is 12.8. The van der Waals surface area contributed by atoms with Gasteiger partial charge in [-0.05, 0) is 50.5 Å². The second-order valence-electron chi connectivity index (χ2n) is 9.64. The van der Waals surface area contributed by atoms with Crippen LogP contribution in [0.3, 0.4) is 0 Å². The fourth-order valence-electron chi connectivity index (χ4n) is 4.05. The first-order chi connectivity index (χ1) is 12.9.